The van der Waals surface area contributed by atoms with E-state index in [0.29, 0.717) is 13.1 Å². The van der Waals surface area contributed by atoms with Gasteiger partial charge in [0.15, 0.2) is 0 Å². The van der Waals surface area contributed by atoms with Gasteiger partial charge in [0.05, 0.1) is 0 Å². The van der Waals surface area contributed by atoms with Crippen LogP contribution < -0.4 is 5.73 Å². The molecule has 0 aromatic rings. The van der Waals surface area contributed by atoms with Crippen molar-refractivity contribution in [2.75, 3.05) is 19.5 Å². The van der Waals surface area contributed by atoms with Crippen LogP contribution in [0.15, 0.2) is 0 Å². The van der Waals surface area contributed by atoms with Crippen LogP contribution >= 0.6 is 0 Å². The number of likely N-dealkylation sites (tertiary alicyclic amines) is 1. The van der Waals surface area contributed by atoms with Gasteiger partial charge in [0, 0.05) is 12.6 Å². The molecule has 12 heavy (non-hydrogen) atoms. The second-order valence-electron chi connectivity index (χ2n) is 3.37. The van der Waals surface area contributed by atoms with E-state index in [9.17, 15) is 12.9 Å². The van der Waals surface area contributed by atoms with E-state index in [4.69, 9.17) is 5.73 Å². The lowest BCUT2D eigenvalue weighted by Gasteiger charge is -2.34. The summed E-state index contributed by atoms with van der Waals surface area (Å²) in [7, 11) is 0. The average Bonchev–Trinajstić information content (AvgIpc) is 1.82. The molecule has 6 heteroatoms. The van der Waals surface area contributed by atoms with Gasteiger partial charge in [0.2, 0.25) is 0 Å². The summed E-state index contributed by atoms with van der Waals surface area (Å²) in [4.78, 5) is 1.40. The van der Waals surface area contributed by atoms with Crippen LogP contribution in [0.1, 0.15) is 12.8 Å². The quantitative estimate of drug-likeness (QED) is 0.638. The molecule has 1 aliphatic heterocycles. The van der Waals surface area contributed by atoms with E-state index in [1.807, 2.05) is 0 Å². The van der Waals surface area contributed by atoms with Gasteiger partial charge in [0.25, 0.3) is 0 Å². The maximum absolute atomic E-state index is 11.9. The van der Waals surface area contributed by atoms with E-state index >= 15 is 0 Å². The standard InChI is InChI=1S/C6H13BF3N2/c8-7(9,10)5-12-3-1-2-6(11)4-12/h6H,1-5,11H2/q-1. The summed E-state index contributed by atoms with van der Waals surface area (Å²) < 4.78 is 35.8. The molecule has 0 radical (unpaired) electrons. The largest absolute Gasteiger partial charge is 0.492 e. The minimum Gasteiger partial charge on any atom is -0.448 e. The Balaban J connectivity index is 2.32. The number of piperidine rings is 1. The number of nitrogens with zero attached hydrogens (tertiary/aromatic N) is 1. The van der Waals surface area contributed by atoms with Crippen molar-refractivity contribution in [3.8, 4) is 0 Å². The first-order chi connectivity index (χ1) is 5.47. The third-order valence-corrected chi connectivity index (χ3v) is 2.01. The molecular weight excluding hydrogens is 168 g/mol. The highest BCUT2D eigenvalue weighted by molar-refractivity contribution is 6.58. The fourth-order valence-electron chi connectivity index (χ4n) is 1.55. The number of hydrogen-bond donors (Lipinski definition) is 1. The van der Waals surface area contributed by atoms with Gasteiger partial charge in [-0.1, -0.05) is 0 Å². The highest BCUT2D eigenvalue weighted by atomic mass is 19.4. The van der Waals surface area contributed by atoms with Gasteiger partial charge in [-0.3, -0.25) is 0 Å². The number of nitrogens with two attached hydrogens (primary N) is 1. The summed E-state index contributed by atoms with van der Waals surface area (Å²) >= 11 is 0. The number of hydrogen-bond acceptors (Lipinski definition) is 2. The lowest BCUT2D eigenvalue weighted by Crippen LogP contribution is -2.47. The van der Waals surface area contributed by atoms with Gasteiger partial charge < -0.3 is 23.6 Å². The van der Waals surface area contributed by atoms with E-state index in [1.165, 1.54) is 4.90 Å². The highest BCUT2D eigenvalue weighted by Gasteiger charge is 2.28. The van der Waals surface area contributed by atoms with Crippen LogP contribution in [-0.4, -0.2) is 37.5 Å². The molecule has 1 heterocycles. The molecule has 1 fully saturated rings. The van der Waals surface area contributed by atoms with E-state index < -0.39 is 13.4 Å². The predicted molar refractivity (Wildman–Crippen MR) is 42.7 cm³/mol. The van der Waals surface area contributed by atoms with E-state index in [1.54, 1.807) is 0 Å². The van der Waals surface area contributed by atoms with Crippen LogP contribution in [0.2, 0.25) is 0 Å². The van der Waals surface area contributed by atoms with Gasteiger partial charge in [0.1, 0.15) is 0 Å². The van der Waals surface area contributed by atoms with E-state index in [0.717, 1.165) is 12.8 Å². The average molecular weight is 181 g/mol. The Morgan fingerprint density at radius 2 is 2.08 bits per heavy atom. The first kappa shape index (κ1) is 9.86. The summed E-state index contributed by atoms with van der Waals surface area (Å²) in [6, 6.07) is -0.0723. The summed E-state index contributed by atoms with van der Waals surface area (Å²) in [6.07, 6.45) is 0.877. The molecule has 72 valence electrons. The zero-order valence-electron chi connectivity index (χ0n) is 6.85. The SMILES string of the molecule is NC1CCCN(C[B-](F)(F)F)C1. The van der Waals surface area contributed by atoms with Gasteiger partial charge in [-0.2, -0.15) is 0 Å². The molecule has 1 saturated heterocycles. The summed E-state index contributed by atoms with van der Waals surface area (Å²) in [6.45, 7) is -3.75. The molecule has 2 N–H and O–H groups in total. The molecule has 1 aliphatic rings. The van der Waals surface area contributed by atoms with Crippen molar-refractivity contribution in [3.63, 3.8) is 0 Å². The monoisotopic (exact) mass is 181 g/mol. The van der Waals surface area contributed by atoms with Crippen molar-refractivity contribution >= 4 is 6.98 Å². The molecule has 0 amide bonds. The molecule has 1 rings (SSSR count). The maximum Gasteiger partial charge on any atom is 0.492 e. The Morgan fingerprint density at radius 3 is 2.58 bits per heavy atom. The first-order valence-electron chi connectivity index (χ1n) is 4.16. The second-order valence-corrected chi connectivity index (χ2v) is 3.37. The lowest BCUT2D eigenvalue weighted by atomic mass is 9.89. The minimum atomic E-state index is -4.68. The summed E-state index contributed by atoms with van der Waals surface area (Å²) in [5.41, 5.74) is 5.54. The zero-order valence-corrected chi connectivity index (χ0v) is 6.85. The van der Waals surface area contributed by atoms with Crippen molar-refractivity contribution < 1.29 is 12.9 Å². The van der Waals surface area contributed by atoms with Crippen molar-refractivity contribution in [2.45, 2.75) is 18.9 Å². The smallest absolute Gasteiger partial charge is 0.448 e. The Bertz CT molecular complexity index is 150. The zero-order chi connectivity index (χ0) is 9.19. The summed E-state index contributed by atoms with van der Waals surface area (Å²) in [5.74, 6) is 0. The van der Waals surface area contributed by atoms with Crippen LogP contribution in [-0.2, 0) is 0 Å². The molecule has 2 nitrogen and oxygen atoms in total. The van der Waals surface area contributed by atoms with Crippen molar-refractivity contribution in [2.24, 2.45) is 5.73 Å². The molecule has 0 bridgehead atoms. The number of rotatable bonds is 2. The second kappa shape index (κ2) is 3.66. The topological polar surface area (TPSA) is 29.3 Å². The Labute approximate surface area is 70.0 Å². The van der Waals surface area contributed by atoms with Gasteiger partial charge in [-0.25, -0.2) is 0 Å². The molecule has 1 unspecified atom stereocenters. The molecule has 1 atom stereocenters. The molecular formula is C6H13BF3N2-. The summed E-state index contributed by atoms with van der Waals surface area (Å²) in [5, 5.41) is 0. The molecule has 0 aromatic carbocycles. The third-order valence-electron chi connectivity index (χ3n) is 2.01. The predicted octanol–water partition coefficient (Wildman–Crippen LogP) is 0.796. The first-order valence-corrected chi connectivity index (χ1v) is 4.16. The van der Waals surface area contributed by atoms with Gasteiger partial charge in [-0.15, -0.1) is 0 Å². The molecule has 0 aromatic heterocycles. The van der Waals surface area contributed by atoms with Crippen LogP contribution in [0.25, 0.3) is 0 Å². The van der Waals surface area contributed by atoms with Crippen molar-refractivity contribution in [3.05, 3.63) is 0 Å². The maximum atomic E-state index is 11.9. The van der Waals surface area contributed by atoms with Crippen LogP contribution in [0, 0.1) is 0 Å². The van der Waals surface area contributed by atoms with Crippen LogP contribution in [0.3, 0.4) is 0 Å². The highest BCUT2D eigenvalue weighted by Crippen LogP contribution is 2.14. The minimum absolute atomic E-state index is 0.0723. The fourth-order valence-corrected chi connectivity index (χ4v) is 1.55. The molecule has 0 aliphatic carbocycles. The number of halogens is 3. The van der Waals surface area contributed by atoms with E-state index in [-0.39, 0.29) is 6.04 Å². The normalized spacial score (nSPS) is 27.5. The Hall–Kier alpha value is -0.225. The molecule has 0 saturated carbocycles. The fraction of sp³-hybridized carbons (Fsp3) is 1.00. The van der Waals surface area contributed by atoms with Crippen LogP contribution in [0.5, 0.6) is 0 Å². The van der Waals surface area contributed by atoms with Crippen molar-refractivity contribution in [1.29, 1.82) is 0 Å². The van der Waals surface area contributed by atoms with Crippen LogP contribution in [0.4, 0.5) is 12.9 Å². The Morgan fingerprint density at radius 1 is 1.42 bits per heavy atom. The Kier molecular flexibility index (Phi) is 3.01. The van der Waals surface area contributed by atoms with E-state index in [2.05, 4.69) is 0 Å². The van der Waals surface area contributed by atoms with Crippen molar-refractivity contribution in [1.82, 2.24) is 4.90 Å². The van der Waals surface area contributed by atoms with Gasteiger partial charge >= 0.3 is 6.98 Å². The third kappa shape index (κ3) is 3.45. The lowest BCUT2D eigenvalue weighted by molar-refractivity contribution is 0.217. The molecule has 0 spiro atoms. The van der Waals surface area contributed by atoms with Gasteiger partial charge in [-0.05, 0) is 25.8 Å².